The lowest BCUT2D eigenvalue weighted by Crippen LogP contribution is -3.15. The smallest absolute Gasteiger partial charge is 0.280 e. The van der Waals surface area contributed by atoms with Crippen molar-refractivity contribution in [2.75, 3.05) is 38.2 Å². The first-order valence-electron chi connectivity index (χ1n) is 9.70. The van der Waals surface area contributed by atoms with Crippen molar-refractivity contribution in [1.82, 2.24) is 0 Å². The van der Waals surface area contributed by atoms with Gasteiger partial charge in [0.05, 0.1) is 18.8 Å². The lowest BCUT2D eigenvalue weighted by molar-refractivity contribution is -0.899. The highest BCUT2D eigenvalue weighted by Gasteiger charge is 2.34. The van der Waals surface area contributed by atoms with E-state index in [2.05, 4.69) is 32.2 Å². The van der Waals surface area contributed by atoms with Crippen molar-refractivity contribution in [2.24, 2.45) is 11.3 Å². The van der Waals surface area contributed by atoms with Gasteiger partial charge in [-0.2, -0.15) is 5.26 Å². The first-order chi connectivity index (χ1) is 12.4. The lowest BCUT2D eigenvalue weighted by atomic mass is 9.69. The molecule has 1 aliphatic carbocycles. The Morgan fingerprint density at radius 3 is 2.81 bits per heavy atom. The standard InChI is InChI=1S/C20H29N3O2S/c1-4-20(2,3)14-5-6-15-16(12-21)19(26-17(15)11-14)22-18(24)13-23-7-9-25-10-8-23/h14H,4-11,13H2,1-3H3,(H,22,24)/p+1/t14-/m1/s1. The molecule has 1 fully saturated rings. The second-order valence-corrected chi connectivity index (χ2v) is 9.29. The molecule has 2 heterocycles. The van der Waals surface area contributed by atoms with Gasteiger partial charge >= 0.3 is 0 Å². The molecule has 0 bridgehead atoms. The van der Waals surface area contributed by atoms with Crippen LogP contribution in [0.4, 0.5) is 5.00 Å². The van der Waals surface area contributed by atoms with Crippen LogP contribution >= 0.6 is 11.3 Å². The van der Waals surface area contributed by atoms with Crippen LogP contribution in [-0.2, 0) is 22.4 Å². The van der Waals surface area contributed by atoms with Crippen LogP contribution in [0.2, 0.25) is 0 Å². The molecular weight excluding hydrogens is 346 g/mol. The number of quaternary nitrogens is 1. The summed E-state index contributed by atoms with van der Waals surface area (Å²) in [7, 11) is 0. The summed E-state index contributed by atoms with van der Waals surface area (Å²) in [5.41, 5.74) is 2.19. The molecule has 26 heavy (non-hydrogen) atoms. The molecule has 1 aromatic heterocycles. The Kier molecular flexibility index (Phi) is 6.01. The Bertz CT molecular complexity index is 699. The quantitative estimate of drug-likeness (QED) is 0.826. The van der Waals surface area contributed by atoms with E-state index >= 15 is 0 Å². The second kappa shape index (κ2) is 8.08. The van der Waals surface area contributed by atoms with E-state index in [-0.39, 0.29) is 5.91 Å². The van der Waals surface area contributed by atoms with Crippen LogP contribution in [0.1, 0.15) is 49.6 Å². The minimum atomic E-state index is 0.00225. The Labute approximate surface area is 160 Å². The number of rotatable bonds is 5. The third-order valence-corrected chi connectivity index (χ3v) is 7.43. The van der Waals surface area contributed by atoms with Gasteiger partial charge < -0.3 is 15.0 Å². The first-order valence-corrected chi connectivity index (χ1v) is 10.5. The fourth-order valence-corrected chi connectivity index (χ4v) is 5.28. The molecule has 2 aliphatic rings. The van der Waals surface area contributed by atoms with Gasteiger partial charge in [-0.3, -0.25) is 4.79 Å². The molecule has 0 aromatic carbocycles. The Hall–Kier alpha value is -1.42. The van der Waals surface area contributed by atoms with Crippen LogP contribution in [0.25, 0.3) is 0 Å². The molecule has 1 aliphatic heterocycles. The van der Waals surface area contributed by atoms with E-state index in [1.165, 1.54) is 15.3 Å². The summed E-state index contributed by atoms with van der Waals surface area (Å²) >= 11 is 1.62. The summed E-state index contributed by atoms with van der Waals surface area (Å²) < 4.78 is 5.34. The van der Waals surface area contributed by atoms with E-state index in [1.54, 1.807) is 11.3 Å². The molecule has 1 atom stereocenters. The van der Waals surface area contributed by atoms with Gasteiger partial charge in [0.15, 0.2) is 6.54 Å². The summed E-state index contributed by atoms with van der Waals surface area (Å²) in [6, 6.07) is 2.35. The number of hydrogen-bond donors (Lipinski definition) is 2. The molecule has 6 heteroatoms. The van der Waals surface area contributed by atoms with Gasteiger partial charge in [-0.15, -0.1) is 11.3 Å². The second-order valence-electron chi connectivity index (χ2n) is 8.19. The largest absolute Gasteiger partial charge is 0.370 e. The maximum absolute atomic E-state index is 12.5. The summed E-state index contributed by atoms with van der Waals surface area (Å²) in [6.07, 6.45) is 4.27. The number of carbonyl (C=O) groups excluding carboxylic acids is 1. The van der Waals surface area contributed by atoms with Crippen molar-refractivity contribution in [3.63, 3.8) is 0 Å². The van der Waals surface area contributed by atoms with Crippen LogP contribution in [0.3, 0.4) is 0 Å². The minimum absolute atomic E-state index is 0.00225. The number of anilines is 1. The van der Waals surface area contributed by atoms with Crippen LogP contribution in [0, 0.1) is 22.7 Å². The number of thiophene rings is 1. The maximum atomic E-state index is 12.5. The van der Waals surface area contributed by atoms with Crippen molar-refractivity contribution < 1.29 is 14.4 Å². The molecule has 2 N–H and O–H groups in total. The molecule has 1 saturated heterocycles. The van der Waals surface area contributed by atoms with Gasteiger partial charge in [0.2, 0.25) is 0 Å². The molecule has 0 saturated carbocycles. The Balaban J connectivity index is 1.71. The maximum Gasteiger partial charge on any atom is 0.280 e. The molecule has 0 unspecified atom stereocenters. The monoisotopic (exact) mass is 376 g/mol. The van der Waals surface area contributed by atoms with E-state index in [4.69, 9.17) is 4.74 Å². The Morgan fingerprint density at radius 2 is 2.15 bits per heavy atom. The Morgan fingerprint density at radius 1 is 1.42 bits per heavy atom. The number of amides is 1. The van der Waals surface area contributed by atoms with E-state index < -0.39 is 0 Å². The van der Waals surface area contributed by atoms with E-state index in [1.807, 2.05) is 0 Å². The number of nitrogens with zero attached hydrogens (tertiary/aromatic N) is 1. The van der Waals surface area contributed by atoms with Gasteiger partial charge in [0.25, 0.3) is 5.91 Å². The number of carbonyl (C=O) groups is 1. The van der Waals surface area contributed by atoms with Crippen LogP contribution < -0.4 is 10.2 Å². The van der Waals surface area contributed by atoms with E-state index in [0.29, 0.717) is 36.7 Å². The number of fused-ring (bicyclic) bond motifs is 1. The predicted octanol–water partition coefficient (Wildman–Crippen LogP) is 2.01. The number of hydrogen-bond acceptors (Lipinski definition) is 4. The van der Waals surface area contributed by atoms with Gasteiger partial charge in [0, 0.05) is 4.88 Å². The number of ether oxygens (including phenoxy) is 1. The fraction of sp³-hybridized carbons (Fsp3) is 0.700. The predicted molar refractivity (Wildman–Crippen MR) is 104 cm³/mol. The van der Waals surface area contributed by atoms with Crippen LogP contribution in [-0.4, -0.2) is 38.8 Å². The van der Waals surface area contributed by atoms with Crippen molar-refractivity contribution in [3.05, 3.63) is 16.0 Å². The van der Waals surface area contributed by atoms with E-state index in [9.17, 15) is 10.1 Å². The number of morpholine rings is 1. The van der Waals surface area contributed by atoms with Crippen molar-refractivity contribution >= 4 is 22.2 Å². The molecule has 3 rings (SSSR count). The van der Waals surface area contributed by atoms with Crippen molar-refractivity contribution in [3.8, 4) is 6.07 Å². The molecule has 0 spiro atoms. The number of nitriles is 1. The first kappa shape index (κ1) is 19.3. The van der Waals surface area contributed by atoms with Crippen LogP contribution in [0.15, 0.2) is 0 Å². The summed E-state index contributed by atoms with van der Waals surface area (Å²) in [5, 5.41) is 13.4. The molecule has 1 amide bonds. The molecular formula is C20H30N3O2S+. The summed E-state index contributed by atoms with van der Waals surface area (Å²) in [5.74, 6) is 0.647. The van der Waals surface area contributed by atoms with Gasteiger partial charge in [-0.05, 0) is 36.2 Å². The zero-order valence-corrected chi connectivity index (χ0v) is 16.9. The normalized spacial score (nSPS) is 21.1. The van der Waals surface area contributed by atoms with Crippen LogP contribution in [0.5, 0.6) is 0 Å². The summed E-state index contributed by atoms with van der Waals surface area (Å²) in [6.45, 7) is 10.6. The van der Waals surface area contributed by atoms with Crippen molar-refractivity contribution in [2.45, 2.75) is 46.5 Å². The third-order valence-electron chi connectivity index (χ3n) is 6.26. The lowest BCUT2D eigenvalue weighted by Gasteiger charge is -2.36. The molecule has 142 valence electrons. The fourth-order valence-electron chi connectivity index (χ4n) is 3.98. The third kappa shape index (κ3) is 4.11. The summed E-state index contributed by atoms with van der Waals surface area (Å²) in [4.78, 5) is 15.0. The highest BCUT2D eigenvalue weighted by atomic mass is 32.1. The van der Waals surface area contributed by atoms with Gasteiger partial charge in [0.1, 0.15) is 24.2 Å². The minimum Gasteiger partial charge on any atom is -0.370 e. The van der Waals surface area contributed by atoms with Crippen molar-refractivity contribution in [1.29, 1.82) is 5.26 Å². The van der Waals surface area contributed by atoms with E-state index in [0.717, 1.165) is 43.8 Å². The topological polar surface area (TPSA) is 66.6 Å². The average molecular weight is 377 g/mol. The highest BCUT2D eigenvalue weighted by Crippen LogP contribution is 2.45. The van der Waals surface area contributed by atoms with Gasteiger partial charge in [-0.25, -0.2) is 0 Å². The molecule has 0 radical (unpaired) electrons. The SMILES string of the molecule is CCC(C)(C)[C@@H]1CCc2c(sc(NC(=O)C[NH+]3CCOCC3)c2C#N)C1. The zero-order chi connectivity index (χ0) is 18.7. The molecule has 1 aromatic rings. The van der Waals surface area contributed by atoms with Gasteiger partial charge in [-0.1, -0.05) is 27.2 Å². The molecule has 5 nitrogen and oxygen atoms in total. The zero-order valence-electron chi connectivity index (χ0n) is 16.1. The average Bonchev–Trinajstić information content (AvgIpc) is 2.98. The highest BCUT2D eigenvalue weighted by molar-refractivity contribution is 7.16. The number of nitrogens with one attached hydrogen (secondary N) is 2.